The molecule has 0 aromatic heterocycles. The summed E-state index contributed by atoms with van der Waals surface area (Å²) in [6.07, 6.45) is 0.703. The van der Waals surface area contributed by atoms with Crippen LogP contribution in [0, 0.1) is 11.6 Å². The fraction of sp³-hybridized carbons (Fsp3) is 0.143. The largest absolute Gasteiger partial charge is 0.330 e. The normalized spacial score (nSPS) is 10.7. The first-order chi connectivity index (χ1) is 9.10. The maximum absolute atomic E-state index is 13.5. The van der Waals surface area contributed by atoms with Gasteiger partial charge in [-0.1, -0.05) is 29.4 Å². The molecule has 2 aromatic carbocycles. The van der Waals surface area contributed by atoms with Crippen molar-refractivity contribution in [3.8, 4) is 0 Å². The van der Waals surface area contributed by atoms with Crippen molar-refractivity contribution < 1.29 is 8.78 Å². The molecule has 0 aliphatic rings. The van der Waals surface area contributed by atoms with Gasteiger partial charge in [0.05, 0.1) is 0 Å². The standard InChI is InChI=1S/C14H12ClF2NS/c15-12-8-11(3-1-9(12)5-6-18)19-14-4-2-10(16)7-13(14)17/h1-4,7-8H,5-6,18H2. The van der Waals surface area contributed by atoms with Crippen molar-refractivity contribution in [2.24, 2.45) is 5.73 Å². The van der Waals surface area contributed by atoms with E-state index in [2.05, 4.69) is 0 Å². The van der Waals surface area contributed by atoms with Gasteiger partial charge in [0.25, 0.3) is 0 Å². The van der Waals surface area contributed by atoms with Crippen LogP contribution in [0.15, 0.2) is 46.2 Å². The number of halogens is 3. The summed E-state index contributed by atoms with van der Waals surface area (Å²) in [5.74, 6) is -1.16. The van der Waals surface area contributed by atoms with Crippen LogP contribution in [0.4, 0.5) is 8.78 Å². The van der Waals surface area contributed by atoms with Crippen LogP contribution in [0.5, 0.6) is 0 Å². The predicted octanol–water partition coefficient (Wildman–Crippen LogP) is 4.27. The van der Waals surface area contributed by atoms with Crippen molar-refractivity contribution in [3.05, 3.63) is 58.6 Å². The topological polar surface area (TPSA) is 26.0 Å². The van der Waals surface area contributed by atoms with E-state index in [4.69, 9.17) is 17.3 Å². The average Bonchev–Trinajstić information content (AvgIpc) is 2.36. The molecule has 0 bridgehead atoms. The summed E-state index contributed by atoms with van der Waals surface area (Å²) < 4.78 is 26.3. The fourth-order valence-electron chi connectivity index (χ4n) is 1.63. The highest BCUT2D eigenvalue weighted by molar-refractivity contribution is 7.99. The van der Waals surface area contributed by atoms with E-state index in [0.29, 0.717) is 22.9 Å². The van der Waals surface area contributed by atoms with Crippen LogP contribution in [0.25, 0.3) is 0 Å². The molecule has 2 aromatic rings. The Morgan fingerprint density at radius 3 is 2.53 bits per heavy atom. The molecule has 0 amide bonds. The van der Waals surface area contributed by atoms with Crippen molar-refractivity contribution in [1.82, 2.24) is 0 Å². The van der Waals surface area contributed by atoms with Crippen LogP contribution in [0.3, 0.4) is 0 Å². The molecular formula is C14H12ClF2NS. The van der Waals surface area contributed by atoms with Crippen LogP contribution in [0.1, 0.15) is 5.56 Å². The molecule has 100 valence electrons. The molecular weight excluding hydrogens is 288 g/mol. The van der Waals surface area contributed by atoms with E-state index >= 15 is 0 Å². The molecule has 0 aliphatic carbocycles. The Labute approximate surface area is 119 Å². The van der Waals surface area contributed by atoms with E-state index in [1.165, 1.54) is 23.9 Å². The first kappa shape index (κ1) is 14.3. The van der Waals surface area contributed by atoms with Crippen LogP contribution in [0.2, 0.25) is 5.02 Å². The minimum Gasteiger partial charge on any atom is -0.330 e. The molecule has 1 nitrogen and oxygen atoms in total. The molecule has 0 unspecified atom stereocenters. The van der Waals surface area contributed by atoms with Gasteiger partial charge in [-0.2, -0.15) is 0 Å². The van der Waals surface area contributed by atoms with Crippen molar-refractivity contribution in [2.45, 2.75) is 16.2 Å². The average molecular weight is 300 g/mol. The van der Waals surface area contributed by atoms with Gasteiger partial charge >= 0.3 is 0 Å². The Balaban J connectivity index is 2.21. The Bertz CT molecular complexity index is 590. The Morgan fingerprint density at radius 1 is 1.11 bits per heavy atom. The van der Waals surface area contributed by atoms with Gasteiger partial charge in [0.1, 0.15) is 11.6 Å². The molecule has 0 heterocycles. The Hall–Kier alpha value is -1.10. The summed E-state index contributed by atoms with van der Waals surface area (Å²) >= 11 is 7.32. The molecule has 0 spiro atoms. The molecule has 2 N–H and O–H groups in total. The maximum Gasteiger partial charge on any atom is 0.140 e. The molecule has 0 saturated heterocycles. The van der Waals surface area contributed by atoms with E-state index < -0.39 is 11.6 Å². The quantitative estimate of drug-likeness (QED) is 0.912. The second-order valence-corrected chi connectivity index (χ2v) is 5.49. The third-order valence-corrected chi connectivity index (χ3v) is 3.95. The van der Waals surface area contributed by atoms with Crippen LogP contribution >= 0.6 is 23.4 Å². The first-order valence-corrected chi connectivity index (χ1v) is 6.91. The summed E-state index contributed by atoms with van der Waals surface area (Å²) in [5.41, 5.74) is 6.44. The smallest absolute Gasteiger partial charge is 0.140 e. The highest BCUT2D eigenvalue weighted by atomic mass is 35.5. The second kappa shape index (κ2) is 6.37. The van der Waals surface area contributed by atoms with Gasteiger partial charge in [0, 0.05) is 20.9 Å². The zero-order chi connectivity index (χ0) is 13.8. The van der Waals surface area contributed by atoms with Gasteiger partial charge in [-0.05, 0) is 42.8 Å². The molecule has 19 heavy (non-hydrogen) atoms. The minimum absolute atomic E-state index is 0.365. The monoisotopic (exact) mass is 299 g/mol. The van der Waals surface area contributed by atoms with E-state index in [9.17, 15) is 8.78 Å². The summed E-state index contributed by atoms with van der Waals surface area (Å²) in [5, 5.41) is 0.609. The summed E-state index contributed by atoms with van der Waals surface area (Å²) in [7, 11) is 0. The predicted molar refractivity (Wildman–Crippen MR) is 74.7 cm³/mol. The Kier molecular flexibility index (Phi) is 4.80. The Morgan fingerprint density at radius 2 is 1.89 bits per heavy atom. The van der Waals surface area contributed by atoms with Crippen molar-refractivity contribution in [2.75, 3.05) is 6.54 Å². The first-order valence-electron chi connectivity index (χ1n) is 5.71. The fourth-order valence-corrected chi connectivity index (χ4v) is 2.83. The van der Waals surface area contributed by atoms with Gasteiger partial charge in [-0.3, -0.25) is 0 Å². The lowest BCUT2D eigenvalue weighted by Gasteiger charge is -2.07. The third kappa shape index (κ3) is 3.69. The molecule has 0 saturated carbocycles. The zero-order valence-electron chi connectivity index (χ0n) is 10.00. The van der Waals surface area contributed by atoms with Crippen molar-refractivity contribution in [1.29, 1.82) is 0 Å². The van der Waals surface area contributed by atoms with E-state index in [1.807, 2.05) is 12.1 Å². The number of rotatable bonds is 4. The number of benzene rings is 2. The van der Waals surface area contributed by atoms with E-state index in [-0.39, 0.29) is 0 Å². The number of nitrogens with two attached hydrogens (primary N) is 1. The number of hydrogen-bond donors (Lipinski definition) is 1. The van der Waals surface area contributed by atoms with Gasteiger partial charge in [-0.25, -0.2) is 8.78 Å². The number of hydrogen-bond acceptors (Lipinski definition) is 2. The minimum atomic E-state index is -0.585. The maximum atomic E-state index is 13.5. The van der Waals surface area contributed by atoms with Gasteiger partial charge in [0.2, 0.25) is 0 Å². The lowest BCUT2D eigenvalue weighted by molar-refractivity contribution is 0.565. The lowest BCUT2D eigenvalue weighted by Crippen LogP contribution is -2.02. The molecule has 0 fully saturated rings. The zero-order valence-corrected chi connectivity index (χ0v) is 11.6. The molecule has 2 rings (SSSR count). The van der Waals surface area contributed by atoms with E-state index in [0.717, 1.165) is 16.5 Å². The van der Waals surface area contributed by atoms with Crippen LogP contribution < -0.4 is 5.73 Å². The van der Waals surface area contributed by atoms with Crippen molar-refractivity contribution >= 4 is 23.4 Å². The second-order valence-electron chi connectivity index (χ2n) is 3.97. The molecule has 5 heteroatoms. The summed E-state index contributed by atoms with van der Waals surface area (Å²) in [6, 6.07) is 9.00. The summed E-state index contributed by atoms with van der Waals surface area (Å²) in [4.78, 5) is 1.17. The highest BCUT2D eigenvalue weighted by Crippen LogP contribution is 2.32. The SMILES string of the molecule is NCCc1ccc(Sc2ccc(F)cc2F)cc1Cl. The molecule has 0 atom stereocenters. The van der Waals surface area contributed by atoms with Crippen LogP contribution in [-0.4, -0.2) is 6.54 Å². The van der Waals surface area contributed by atoms with Crippen molar-refractivity contribution in [3.63, 3.8) is 0 Å². The van der Waals surface area contributed by atoms with Gasteiger partial charge in [0.15, 0.2) is 0 Å². The van der Waals surface area contributed by atoms with Gasteiger partial charge < -0.3 is 5.73 Å². The highest BCUT2D eigenvalue weighted by Gasteiger charge is 2.07. The summed E-state index contributed by atoms with van der Waals surface area (Å²) in [6.45, 7) is 0.527. The lowest BCUT2D eigenvalue weighted by atomic mass is 10.1. The molecule has 0 radical (unpaired) electrons. The molecule has 0 aliphatic heterocycles. The van der Waals surface area contributed by atoms with Crippen LogP contribution in [-0.2, 0) is 6.42 Å². The van der Waals surface area contributed by atoms with Gasteiger partial charge in [-0.15, -0.1) is 0 Å². The van der Waals surface area contributed by atoms with E-state index in [1.54, 1.807) is 6.07 Å². The third-order valence-electron chi connectivity index (χ3n) is 2.56.